The second-order valence-corrected chi connectivity index (χ2v) is 10.5. The predicted octanol–water partition coefficient (Wildman–Crippen LogP) is 5.28. The van der Waals surface area contributed by atoms with E-state index >= 15 is 0 Å². The van der Waals surface area contributed by atoms with Gasteiger partial charge >= 0.3 is 0 Å². The molecule has 2 amide bonds. The molecule has 4 aromatic rings. The van der Waals surface area contributed by atoms with E-state index < -0.39 is 0 Å². The molecule has 2 N–H and O–H groups in total. The van der Waals surface area contributed by atoms with E-state index in [1.165, 1.54) is 36.5 Å². The Kier molecular flexibility index (Phi) is 7.90. The molecule has 4 aromatic carbocycles. The van der Waals surface area contributed by atoms with Gasteiger partial charge in [-0.15, -0.1) is 0 Å². The average Bonchev–Trinajstić information content (AvgIpc) is 3.36. The number of anilines is 2. The lowest BCUT2D eigenvalue weighted by atomic mass is 10.0. The Balaban J connectivity index is 1.09. The fourth-order valence-electron chi connectivity index (χ4n) is 5.97. The van der Waals surface area contributed by atoms with E-state index in [-0.39, 0.29) is 24.4 Å². The first kappa shape index (κ1) is 27.5. The first-order chi connectivity index (χ1) is 20.6. The summed E-state index contributed by atoms with van der Waals surface area (Å²) in [6, 6.07) is 29.8. The summed E-state index contributed by atoms with van der Waals surface area (Å²) in [5, 5.41) is 5.85. The molecular weight excluding hydrogens is 528 g/mol. The largest absolute Gasteiger partial charge is 0.494 e. The maximum atomic E-state index is 13.1. The normalized spacial score (nSPS) is 15.0. The molecule has 0 saturated carbocycles. The molecule has 0 bridgehead atoms. The first-order valence-corrected chi connectivity index (χ1v) is 14.1. The molecule has 1 aliphatic carbocycles. The number of fused-ring (bicyclic) bond motifs is 3. The number of amides is 2. The third-order valence-electron chi connectivity index (χ3n) is 8.02. The number of rotatable bonds is 8. The highest BCUT2D eigenvalue weighted by molar-refractivity contribution is 6.05. The van der Waals surface area contributed by atoms with E-state index in [1.54, 1.807) is 36.4 Å². The molecule has 42 heavy (non-hydrogen) atoms. The second-order valence-electron chi connectivity index (χ2n) is 10.5. The molecular formula is C34H34N4O4. The van der Waals surface area contributed by atoms with Gasteiger partial charge in [0.15, 0.2) is 0 Å². The van der Waals surface area contributed by atoms with Crippen molar-refractivity contribution in [2.45, 2.75) is 6.04 Å². The van der Waals surface area contributed by atoms with Crippen LogP contribution in [0.2, 0.25) is 0 Å². The monoisotopic (exact) mass is 562 g/mol. The first-order valence-electron chi connectivity index (χ1n) is 14.1. The molecule has 1 fully saturated rings. The second kappa shape index (κ2) is 12.1. The third kappa shape index (κ3) is 5.46. The van der Waals surface area contributed by atoms with Crippen molar-refractivity contribution in [2.24, 2.45) is 0 Å². The Bertz CT molecular complexity index is 1550. The number of ether oxygens (including phenoxy) is 2. The standard InChI is InChI=1S/C34H34N4O4/c1-41-30-21-29(36-34(40)23-10-4-3-5-11-23)31(42-2)20-28(30)35-32(39)22-37-16-18-38(19-17-37)33-26-14-8-6-12-24(26)25-13-7-9-15-27(25)33/h3-15,20-21,33H,16-19,22H2,1-2H3,(H,35,39)(H,36,40). The zero-order valence-electron chi connectivity index (χ0n) is 23.8. The highest BCUT2D eigenvalue weighted by atomic mass is 16.5. The van der Waals surface area contributed by atoms with Crippen LogP contribution in [0.3, 0.4) is 0 Å². The van der Waals surface area contributed by atoms with Crippen LogP contribution in [0.15, 0.2) is 91.0 Å². The number of carbonyl (C=O) groups excluding carboxylic acids is 2. The van der Waals surface area contributed by atoms with Crippen LogP contribution in [0.4, 0.5) is 11.4 Å². The molecule has 8 nitrogen and oxygen atoms in total. The van der Waals surface area contributed by atoms with Gasteiger partial charge < -0.3 is 20.1 Å². The minimum atomic E-state index is -0.267. The van der Waals surface area contributed by atoms with Gasteiger partial charge in [0.25, 0.3) is 5.91 Å². The smallest absolute Gasteiger partial charge is 0.255 e. The number of piperazine rings is 1. The number of hydrogen-bond donors (Lipinski definition) is 2. The van der Waals surface area contributed by atoms with Crippen LogP contribution >= 0.6 is 0 Å². The van der Waals surface area contributed by atoms with Crippen LogP contribution in [0.5, 0.6) is 11.5 Å². The minimum absolute atomic E-state index is 0.138. The van der Waals surface area contributed by atoms with Crippen LogP contribution in [-0.4, -0.2) is 68.6 Å². The van der Waals surface area contributed by atoms with Crippen molar-refractivity contribution >= 4 is 23.2 Å². The van der Waals surface area contributed by atoms with Gasteiger partial charge in [0, 0.05) is 43.9 Å². The Labute approximate surface area is 245 Å². The molecule has 1 saturated heterocycles. The molecule has 1 aliphatic heterocycles. The van der Waals surface area contributed by atoms with Crippen molar-refractivity contribution in [2.75, 3.05) is 57.6 Å². The number of nitrogens with zero attached hydrogens (tertiary/aromatic N) is 2. The van der Waals surface area contributed by atoms with Gasteiger partial charge in [0.1, 0.15) is 11.5 Å². The van der Waals surface area contributed by atoms with Crippen LogP contribution in [0.25, 0.3) is 11.1 Å². The Hall–Kier alpha value is -4.66. The summed E-state index contributed by atoms with van der Waals surface area (Å²) in [4.78, 5) is 30.5. The molecule has 0 radical (unpaired) electrons. The number of methoxy groups -OCH3 is 2. The minimum Gasteiger partial charge on any atom is -0.494 e. The quantitative estimate of drug-likeness (QED) is 0.304. The molecule has 2 aliphatic rings. The molecule has 1 heterocycles. The lowest BCUT2D eigenvalue weighted by Gasteiger charge is -2.38. The van der Waals surface area contributed by atoms with Crippen LogP contribution in [0.1, 0.15) is 27.5 Å². The van der Waals surface area contributed by atoms with Gasteiger partial charge in [-0.1, -0.05) is 66.7 Å². The number of hydrogen-bond acceptors (Lipinski definition) is 6. The molecule has 0 atom stereocenters. The fraction of sp³-hybridized carbons (Fsp3) is 0.235. The zero-order chi connectivity index (χ0) is 29.1. The number of nitrogens with one attached hydrogen (secondary N) is 2. The van der Waals surface area contributed by atoms with Crippen LogP contribution in [0, 0.1) is 0 Å². The summed E-state index contributed by atoms with van der Waals surface area (Å²) in [6.45, 7) is 3.59. The van der Waals surface area contributed by atoms with Gasteiger partial charge in [-0.3, -0.25) is 19.4 Å². The van der Waals surface area contributed by atoms with Crippen molar-refractivity contribution in [3.8, 4) is 22.6 Å². The maximum Gasteiger partial charge on any atom is 0.255 e. The van der Waals surface area contributed by atoms with E-state index in [1.807, 2.05) is 6.07 Å². The van der Waals surface area contributed by atoms with E-state index in [0.717, 1.165) is 26.2 Å². The maximum absolute atomic E-state index is 13.1. The van der Waals surface area contributed by atoms with E-state index in [4.69, 9.17) is 9.47 Å². The summed E-state index contributed by atoms with van der Waals surface area (Å²) in [7, 11) is 3.05. The number of benzene rings is 4. The van der Waals surface area contributed by atoms with Crippen LogP contribution in [-0.2, 0) is 4.79 Å². The van der Waals surface area contributed by atoms with E-state index in [2.05, 4.69) is 69.0 Å². The molecule has 6 rings (SSSR count). The van der Waals surface area contributed by atoms with Crippen molar-refractivity contribution < 1.29 is 19.1 Å². The summed E-state index contributed by atoms with van der Waals surface area (Å²) in [5.41, 5.74) is 6.80. The number of carbonyl (C=O) groups is 2. The van der Waals surface area contributed by atoms with E-state index in [9.17, 15) is 9.59 Å². The van der Waals surface area contributed by atoms with Gasteiger partial charge in [-0.25, -0.2) is 0 Å². The van der Waals surface area contributed by atoms with Crippen molar-refractivity contribution in [1.29, 1.82) is 0 Å². The topological polar surface area (TPSA) is 83.1 Å². The summed E-state index contributed by atoms with van der Waals surface area (Å²) in [5.74, 6) is 0.440. The molecule has 0 spiro atoms. The summed E-state index contributed by atoms with van der Waals surface area (Å²) >= 11 is 0. The average molecular weight is 563 g/mol. The third-order valence-corrected chi connectivity index (χ3v) is 8.02. The van der Waals surface area contributed by atoms with Gasteiger partial charge in [-0.2, -0.15) is 0 Å². The van der Waals surface area contributed by atoms with Crippen molar-refractivity contribution in [3.05, 3.63) is 108 Å². The zero-order valence-corrected chi connectivity index (χ0v) is 23.8. The van der Waals surface area contributed by atoms with Crippen LogP contribution < -0.4 is 20.1 Å². The van der Waals surface area contributed by atoms with Gasteiger partial charge in [0.2, 0.25) is 5.91 Å². The highest BCUT2D eigenvalue weighted by Crippen LogP contribution is 2.46. The molecule has 0 unspecified atom stereocenters. The van der Waals surface area contributed by atoms with Crippen molar-refractivity contribution in [1.82, 2.24) is 9.80 Å². The highest BCUT2D eigenvalue weighted by Gasteiger charge is 2.34. The lowest BCUT2D eigenvalue weighted by molar-refractivity contribution is -0.117. The summed E-state index contributed by atoms with van der Waals surface area (Å²) < 4.78 is 11.1. The molecule has 214 valence electrons. The predicted molar refractivity (Wildman–Crippen MR) is 164 cm³/mol. The fourth-order valence-corrected chi connectivity index (χ4v) is 5.97. The van der Waals surface area contributed by atoms with Crippen molar-refractivity contribution in [3.63, 3.8) is 0 Å². The summed E-state index contributed by atoms with van der Waals surface area (Å²) in [6.07, 6.45) is 0. The Morgan fingerprint density at radius 1 is 0.714 bits per heavy atom. The SMILES string of the molecule is COc1cc(NC(=O)c2ccccc2)c(OC)cc1NC(=O)CN1CCN(C2c3ccccc3-c3ccccc32)CC1. The van der Waals surface area contributed by atoms with E-state index in [0.29, 0.717) is 28.4 Å². The Morgan fingerprint density at radius 2 is 1.24 bits per heavy atom. The molecule has 0 aromatic heterocycles. The van der Waals surface area contributed by atoms with Gasteiger partial charge in [-0.05, 0) is 34.4 Å². The lowest BCUT2D eigenvalue weighted by Crippen LogP contribution is -2.49. The van der Waals surface area contributed by atoms with Gasteiger partial charge in [0.05, 0.1) is 38.2 Å². The Morgan fingerprint density at radius 3 is 1.81 bits per heavy atom. The molecule has 8 heteroatoms.